The number of carboxylic acids is 2. The lowest BCUT2D eigenvalue weighted by Crippen LogP contribution is -2.64. The van der Waals surface area contributed by atoms with Gasteiger partial charge in [-0.2, -0.15) is 0 Å². The maximum absolute atomic E-state index is 12.6. The summed E-state index contributed by atoms with van der Waals surface area (Å²) in [6.45, 7) is 3.26. The van der Waals surface area contributed by atoms with E-state index >= 15 is 0 Å². The number of carbonyl (C=O) groups is 3. The highest BCUT2D eigenvalue weighted by Gasteiger charge is 2.50. The molecule has 0 saturated carbocycles. The second-order valence-electron chi connectivity index (χ2n) is 5.33. The maximum atomic E-state index is 12.6. The lowest BCUT2D eigenvalue weighted by Gasteiger charge is -2.42. The molecule has 7 heteroatoms. The Kier molecular flexibility index (Phi) is 6.27. The van der Waals surface area contributed by atoms with E-state index in [0.717, 1.165) is 0 Å². The zero-order chi connectivity index (χ0) is 17.6. The fraction of sp³-hybridized carbons (Fsp3) is 0.438. The second-order valence-corrected chi connectivity index (χ2v) is 5.33. The van der Waals surface area contributed by atoms with E-state index in [4.69, 9.17) is 10.9 Å². The van der Waals surface area contributed by atoms with Gasteiger partial charge in [0.2, 0.25) is 0 Å². The highest BCUT2D eigenvalue weighted by molar-refractivity contribution is 5.97. The quantitative estimate of drug-likeness (QED) is 0.381. The van der Waals surface area contributed by atoms with E-state index in [0.29, 0.717) is 5.01 Å². The Morgan fingerprint density at radius 2 is 1.74 bits per heavy atom. The Morgan fingerprint density at radius 1 is 1.17 bits per heavy atom. The summed E-state index contributed by atoms with van der Waals surface area (Å²) in [5.74, 6) is 2.01. The predicted molar refractivity (Wildman–Crippen MR) is 83.5 cm³/mol. The molecule has 0 aliphatic heterocycles. The molecule has 0 fully saturated rings. The Hall–Kier alpha value is -2.41. The first-order chi connectivity index (χ1) is 10.8. The van der Waals surface area contributed by atoms with E-state index in [-0.39, 0.29) is 24.8 Å². The molecule has 126 valence electrons. The Morgan fingerprint density at radius 3 is 2.13 bits per heavy atom. The molecule has 1 amide bonds. The van der Waals surface area contributed by atoms with Gasteiger partial charge in [0.05, 0.1) is 6.42 Å². The molecule has 0 spiro atoms. The topological polar surface area (TPSA) is 121 Å². The number of nitrogens with zero attached hydrogens (tertiary/aromatic N) is 1. The number of benzene rings is 1. The molecule has 0 aromatic heterocycles. The molecule has 1 rings (SSSR count). The van der Waals surface area contributed by atoms with E-state index < -0.39 is 29.3 Å². The number of amides is 1. The SMILES string of the molecule is CCC(CC(=O)O)[C@@](CC)(C(=O)O)N(N)C(=O)c1ccccc1. The van der Waals surface area contributed by atoms with Crippen LogP contribution in [-0.2, 0) is 9.59 Å². The molecular weight excluding hydrogens is 300 g/mol. The number of carboxylic acid groups (broad SMARTS) is 2. The Labute approximate surface area is 134 Å². The fourth-order valence-corrected chi connectivity index (χ4v) is 2.85. The average Bonchev–Trinajstić information content (AvgIpc) is 2.54. The first kappa shape index (κ1) is 18.6. The highest BCUT2D eigenvalue weighted by atomic mass is 16.4. The summed E-state index contributed by atoms with van der Waals surface area (Å²) >= 11 is 0. The van der Waals surface area contributed by atoms with E-state index in [1.807, 2.05) is 0 Å². The van der Waals surface area contributed by atoms with Gasteiger partial charge in [-0.15, -0.1) is 0 Å². The summed E-state index contributed by atoms with van der Waals surface area (Å²) in [5, 5.41) is 19.5. The molecule has 23 heavy (non-hydrogen) atoms. The molecule has 0 bridgehead atoms. The van der Waals surface area contributed by atoms with Crippen molar-refractivity contribution < 1.29 is 24.6 Å². The van der Waals surface area contributed by atoms with Crippen molar-refractivity contribution in [1.82, 2.24) is 5.01 Å². The van der Waals surface area contributed by atoms with Crippen LogP contribution in [0.1, 0.15) is 43.5 Å². The van der Waals surface area contributed by atoms with Gasteiger partial charge in [0, 0.05) is 11.5 Å². The van der Waals surface area contributed by atoms with Crippen molar-refractivity contribution >= 4 is 17.8 Å². The number of rotatable bonds is 8. The van der Waals surface area contributed by atoms with Gasteiger partial charge in [-0.3, -0.25) is 14.6 Å². The molecule has 7 nitrogen and oxygen atoms in total. The molecule has 4 N–H and O–H groups in total. The van der Waals surface area contributed by atoms with Crippen LogP contribution in [0.4, 0.5) is 0 Å². The van der Waals surface area contributed by atoms with Gasteiger partial charge in [0.25, 0.3) is 5.91 Å². The molecule has 0 saturated heterocycles. The smallest absolute Gasteiger partial charge is 0.331 e. The molecule has 2 atom stereocenters. The van der Waals surface area contributed by atoms with Crippen molar-refractivity contribution in [1.29, 1.82) is 0 Å². The van der Waals surface area contributed by atoms with Crippen LogP contribution in [0.5, 0.6) is 0 Å². The number of hydrogen-bond donors (Lipinski definition) is 3. The molecule has 0 heterocycles. The van der Waals surface area contributed by atoms with Gasteiger partial charge in [-0.1, -0.05) is 32.0 Å². The summed E-state index contributed by atoms with van der Waals surface area (Å²) in [4.78, 5) is 35.6. The minimum atomic E-state index is -1.78. The Bertz CT molecular complexity index is 575. The van der Waals surface area contributed by atoms with Crippen molar-refractivity contribution in [3.05, 3.63) is 35.9 Å². The monoisotopic (exact) mass is 322 g/mol. The third kappa shape index (κ3) is 3.68. The minimum Gasteiger partial charge on any atom is -0.481 e. The summed E-state index contributed by atoms with van der Waals surface area (Å²) in [6, 6.07) is 8.07. The normalized spacial score (nSPS) is 14.6. The minimum absolute atomic E-state index is 0.00317. The van der Waals surface area contributed by atoms with Crippen LogP contribution < -0.4 is 5.84 Å². The van der Waals surface area contributed by atoms with Gasteiger partial charge >= 0.3 is 11.9 Å². The van der Waals surface area contributed by atoms with Crippen LogP contribution in [-0.4, -0.2) is 38.6 Å². The summed E-state index contributed by atoms with van der Waals surface area (Å²) in [7, 11) is 0. The van der Waals surface area contributed by atoms with Crippen molar-refractivity contribution in [3.63, 3.8) is 0 Å². The van der Waals surface area contributed by atoms with Crippen molar-refractivity contribution in [3.8, 4) is 0 Å². The molecule has 0 radical (unpaired) electrons. The molecule has 1 aromatic carbocycles. The van der Waals surface area contributed by atoms with Crippen LogP contribution in [0.2, 0.25) is 0 Å². The van der Waals surface area contributed by atoms with Gasteiger partial charge in [-0.25, -0.2) is 10.6 Å². The molecular formula is C16H22N2O5. The first-order valence-electron chi connectivity index (χ1n) is 7.40. The van der Waals surface area contributed by atoms with E-state index in [9.17, 15) is 19.5 Å². The summed E-state index contributed by atoms with van der Waals surface area (Å²) in [6.07, 6.45) is -0.113. The predicted octanol–water partition coefficient (Wildman–Crippen LogP) is 1.74. The van der Waals surface area contributed by atoms with Crippen LogP contribution >= 0.6 is 0 Å². The first-order valence-corrected chi connectivity index (χ1v) is 7.40. The third-order valence-corrected chi connectivity index (χ3v) is 4.17. The third-order valence-electron chi connectivity index (χ3n) is 4.17. The van der Waals surface area contributed by atoms with Crippen LogP contribution in [0.3, 0.4) is 0 Å². The molecule has 0 aliphatic rings. The lowest BCUT2D eigenvalue weighted by atomic mass is 9.77. The maximum Gasteiger partial charge on any atom is 0.331 e. The zero-order valence-electron chi connectivity index (χ0n) is 13.2. The number of carbonyl (C=O) groups excluding carboxylic acids is 1. The summed E-state index contributed by atoms with van der Waals surface area (Å²) in [5.41, 5.74) is -1.53. The van der Waals surface area contributed by atoms with E-state index in [1.54, 1.807) is 32.0 Å². The zero-order valence-corrected chi connectivity index (χ0v) is 13.2. The van der Waals surface area contributed by atoms with Crippen LogP contribution in [0, 0.1) is 5.92 Å². The van der Waals surface area contributed by atoms with Crippen molar-refractivity contribution in [2.45, 2.75) is 38.6 Å². The van der Waals surface area contributed by atoms with Gasteiger partial charge in [0.1, 0.15) is 0 Å². The summed E-state index contributed by atoms with van der Waals surface area (Å²) < 4.78 is 0. The number of nitrogens with two attached hydrogens (primary N) is 1. The largest absolute Gasteiger partial charge is 0.481 e. The van der Waals surface area contributed by atoms with Crippen LogP contribution in [0.15, 0.2) is 30.3 Å². The lowest BCUT2D eigenvalue weighted by molar-refractivity contribution is -0.156. The fourth-order valence-electron chi connectivity index (χ4n) is 2.85. The standard InChI is InChI=1S/C16H22N2O5/c1-3-12(10-13(19)20)16(4-2,15(22)23)18(17)14(21)11-8-6-5-7-9-11/h5-9,12H,3-4,10,17H2,1-2H3,(H,19,20)(H,22,23)/t12?,16-/m0/s1. The number of hydrazine groups is 1. The van der Waals surface area contributed by atoms with E-state index in [2.05, 4.69) is 0 Å². The van der Waals surface area contributed by atoms with Gasteiger partial charge in [0.15, 0.2) is 5.54 Å². The molecule has 0 aliphatic carbocycles. The average molecular weight is 322 g/mol. The number of hydrogen-bond acceptors (Lipinski definition) is 4. The van der Waals surface area contributed by atoms with Gasteiger partial charge in [-0.05, 0) is 25.0 Å². The van der Waals surface area contributed by atoms with Gasteiger partial charge < -0.3 is 10.2 Å². The van der Waals surface area contributed by atoms with E-state index in [1.165, 1.54) is 12.1 Å². The highest BCUT2D eigenvalue weighted by Crippen LogP contribution is 2.33. The molecule has 1 aromatic rings. The molecule has 1 unspecified atom stereocenters. The van der Waals surface area contributed by atoms with Crippen molar-refractivity contribution in [2.24, 2.45) is 11.8 Å². The second kappa shape index (κ2) is 7.73. The Balaban J connectivity index is 3.31. The van der Waals surface area contributed by atoms with Crippen molar-refractivity contribution in [2.75, 3.05) is 0 Å². The number of aliphatic carboxylic acids is 2. The van der Waals surface area contributed by atoms with Crippen LogP contribution in [0.25, 0.3) is 0 Å².